The van der Waals surface area contributed by atoms with Crippen LogP contribution in [-0.4, -0.2) is 11.3 Å². The molecular weight excluding hydrogens is 332 g/mol. The first kappa shape index (κ1) is 18.5. The van der Waals surface area contributed by atoms with Crippen molar-refractivity contribution >= 4 is 18.0 Å². The van der Waals surface area contributed by atoms with Gasteiger partial charge in [-0.2, -0.15) is 13.2 Å². The van der Waals surface area contributed by atoms with E-state index in [9.17, 15) is 17.7 Å². The molecule has 0 aliphatic carbocycles. The highest BCUT2D eigenvalue weighted by atomic mass is 31.2. The minimum absolute atomic E-state index is 0.0189. The standard InChI is InChI=1S/C19H20F3OP/c1-18(2,3)24(23,16-12-8-5-9-13-16)14-17(19(20,21)22)15-10-6-4-7-11-15/h4-14H,1-3H3/b17-14-. The van der Waals surface area contributed by atoms with Gasteiger partial charge in [0.15, 0.2) is 0 Å². The molecule has 2 aromatic rings. The number of hydrogen-bond acceptors (Lipinski definition) is 1. The molecule has 2 aromatic carbocycles. The van der Waals surface area contributed by atoms with Crippen LogP contribution in [0.5, 0.6) is 0 Å². The average molecular weight is 352 g/mol. The van der Waals surface area contributed by atoms with E-state index >= 15 is 0 Å². The Morgan fingerprint density at radius 2 is 1.33 bits per heavy atom. The van der Waals surface area contributed by atoms with Gasteiger partial charge in [0.2, 0.25) is 0 Å². The summed E-state index contributed by atoms with van der Waals surface area (Å²) in [5.41, 5.74) is -0.837. The first-order valence-corrected chi connectivity index (χ1v) is 9.34. The molecule has 1 atom stereocenters. The Morgan fingerprint density at radius 3 is 1.75 bits per heavy atom. The molecule has 128 valence electrons. The van der Waals surface area contributed by atoms with Crippen molar-refractivity contribution in [3.63, 3.8) is 0 Å². The van der Waals surface area contributed by atoms with E-state index in [4.69, 9.17) is 0 Å². The maximum Gasteiger partial charge on any atom is 0.417 e. The van der Waals surface area contributed by atoms with E-state index in [1.165, 1.54) is 12.1 Å². The summed E-state index contributed by atoms with van der Waals surface area (Å²) >= 11 is 0. The molecule has 0 saturated heterocycles. The number of rotatable bonds is 3. The van der Waals surface area contributed by atoms with Crippen LogP contribution in [0.3, 0.4) is 0 Å². The first-order valence-electron chi connectivity index (χ1n) is 7.56. The van der Waals surface area contributed by atoms with E-state index in [0.29, 0.717) is 5.30 Å². The maximum absolute atomic E-state index is 13.7. The third-order valence-electron chi connectivity index (χ3n) is 3.84. The Bertz CT molecular complexity index is 757. The largest absolute Gasteiger partial charge is 0.417 e. The zero-order valence-electron chi connectivity index (χ0n) is 13.8. The van der Waals surface area contributed by atoms with Gasteiger partial charge in [0.1, 0.15) is 7.14 Å². The van der Waals surface area contributed by atoms with Crippen LogP contribution in [0.4, 0.5) is 13.2 Å². The summed E-state index contributed by atoms with van der Waals surface area (Å²) in [6, 6.07) is 15.9. The predicted molar refractivity (Wildman–Crippen MR) is 93.9 cm³/mol. The Balaban J connectivity index is 2.74. The van der Waals surface area contributed by atoms with Gasteiger partial charge in [0.05, 0.1) is 5.57 Å². The van der Waals surface area contributed by atoms with E-state index in [-0.39, 0.29) is 5.56 Å². The Hall–Kier alpha value is -1.80. The van der Waals surface area contributed by atoms with Gasteiger partial charge in [-0.05, 0) is 11.4 Å². The van der Waals surface area contributed by atoms with Crippen molar-refractivity contribution in [3.8, 4) is 0 Å². The smallest absolute Gasteiger partial charge is 0.314 e. The second-order valence-corrected chi connectivity index (χ2v) is 10.0. The lowest BCUT2D eigenvalue weighted by atomic mass is 10.1. The highest BCUT2D eigenvalue weighted by Crippen LogP contribution is 2.60. The molecule has 0 aliphatic rings. The molecule has 0 heterocycles. The molecule has 1 nitrogen and oxygen atoms in total. The number of benzene rings is 2. The SMILES string of the molecule is CC(C)(C)P(=O)(/C=C(/c1ccccc1)C(F)(F)F)c1ccccc1. The summed E-state index contributed by atoms with van der Waals surface area (Å²) in [6.07, 6.45) is -4.59. The molecule has 0 aliphatic heterocycles. The topological polar surface area (TPSA) is 17.1 Å². The zero-order valence-corrected chi connectivity index (χ0v) is 14.7. The van der Waals surface area contributed by atoms with Crippen LogP contribution in [0.2, 0.25) is 0 Å². The van der Waals surface area contributed by atoms with Crippen molar-refractivity contribution in [2.24, 2.45) is 0 Å². The molecule has 1 unspecified atom stereocenters. The van der Waals surface area contributed by atoms with Gasteiger partial charge in [-0.3, -0.25) is 0 Å². The van der Waals surface area contributed by atoms with Crippen LogP contribution in [0, 0.1) is 0 Å². The highest BCUT2D eigenvalue weighted by molar-refractivity contribution is 7.76. The van der Waals surface area contributed by atoms with Crippen LogP contribution in [-0.2, 0) is 4.57 Å². The van der Waals surface area contributed by atoms with Crippen molar-refractivity contribution in [3.05, 3.63) is 72.0 Å². The zero-order chi connectivity index (χ0) is 18.0. The number of hydrogen-bond donors (Lipinski definition) is 0. The molecular formula is C19H20F3OP. The quantitative estimate of drug-likeness (QED) is 0.612. The minimum atomic E-state index is -4.59. The third-order valence-corrected chi connectivity index (χ3v) is 7.52. The van der Waals surface area contributed by atoms with Crippen molar-refractivity contribution in [2.75, 3.05) is 0 Å². The number of allylic oxidation sites excluding steroid dienone is 1. The average Bonchev–Trinajstić information content (AvgIpc) is 2.52. The number of alkyl halides is 3. The minimum Gasteiger partial charge on any atom is -0.314 e. The predicted octanol–water partition coefficient (Wildman–Crippen LogP) is 6.08. The molecule has 0 radical (unpaired) electrons. The molecule has 24 heavy (non-hydrogen) atoms. The van der Waals surface area contributed by atoms with E-state index in [1.807, 2.05) is 0 Å². The van der Waals surface area contributed by atoms with E-state index in [0.717, 1.165) is 5.82 Å². The lowest BCUT2D eigenvalue weighted by Gasteiger charge is -2.30. The van der Waals surface area contributed by atoms with Gasteiger partial charge >= 0.3 is 6.18 Å². The normalized spacial score (nSPS) is 15.8. The fourth-order valence-corrected chi connectivity index (χ4v) is 5.00. The third kappa shape index (κ3) is 3.81. The summed E-state index contributed by atoms with van der Waals surface area (Å²) in [4.78, 5) is 0. The lowest BCUT2D eigenvalue weighted by molar-refractivity contribution is -0.0688. The monoisotopic (exact) mass is 352 g/mol. The van der Waals surface area contributed by atoms with Crippen LogP contribution >= 0.6 is 7.14 Å². The molecule has 0 bridgehead atoms. The second kappa shape index (κ2) is 6.60. The molecule has 2 rings (SSSR count). The van der Waals surface area contributed by atoms with Crippen molar-refractivity contribution in [1.82, 2.24) is 0 Å². The fraction of sp³-hybridized carbons (Fsp3) is 0.263. The van der Waals surface area contributed by atoms with Gasteiger partial charge in [-0.25, -0.2) is 0 Å². The molecule has 0 aromatic heterocycles. The summed E-state index contributed by atoms with van der Waals surface area (Å²) in [5.74, 6) is 0.942. The summed E-state index contributed by atoms with van der Waals surface area (Å²) < 4.78 is 54.6. The Labute approximate surface area is 140 Å². The summed E-state index contributed by atoms with van der Waals surface area (Å²) in [7, 11) is -3.46. The van der Waals surface area contributed by atoms with Gasteiger partial charge in [-0.15, -0.1) is 0 Å². The van der Waals surface area contributed by atoms with Crippen LogP contribution in [0.15, 0.2) is 66.5 Å². The van der Waals surface area contributed by atoms with E-state index < -0.39 is 24.0 Å². The summed E-state index contributed by atoms with van der Waals surface area (Å²) in [5, 5.41) is -0.408. The van der Waals surface area contributed by atoms with E-state index in [1.54, 1.807) is 69.3 Å². The first-order chi connectivity index (χ1) is 11.1. The molecule has 0 fully saturated rings. The molecule has 0 saturated carbocycles. The molecule has 5 heteroatoms. The molecule has 0 amide bonds. The van der Waals surface area contributed by atoms with Gasteiger partial charge in [0, 0.05) is 10.5 Å². The maximum atomic E-state index is 13.7. The van der Waals surface area contributed by atoms with Crippen LogP contribution in [0.1, 0.15) is 26.3 Å². The Kier molecular flexibility index (Phi) is 5.10. The van der Waals surface area contributed by atoms with Crippen molar-refractivity contribution < 1.29 is 17.7 Å². The van der Waals surface area contributed by atoms with Crippen molar-refractivity contribution in [1.29, 1.82) is 0 Å². The van der Waals surface area contributed by atoms with E-state index in [2.05, 4.69) is 0 Å². The second-order valence-electron chi connectivity index (χ2n) is 6.57. The Morgan fingerprint density at radius 1 is 0.875 bits per heavy atom. The van der Waals surface area contributed by atoms with Gasteiger partial charge in [-0.1, -0.05) is 81.4 Å². The van der Waals surface area contributed by atoms with Gasteiger partial charge in [0.25, 0.3) is 0 Å². The van der Waals surface area contributed by atoms with Gasteiger partial charge < -0.3 is 4.57 Å². The number of halogens is 3. The molecule has 0 spiro atoms. The van der Waals surface area contributed by atoms with Crippen LogP contribution < -0.4 is 5.30 Å². The fourth-order valence-electron chi connectivity index (χ4n) is 2.42. The lowest BCUT2D eigenvalue weighted by Crippen LogP contribution is -2.23. The van der Waals surface area contributed by atoms with Crippen molar-refractivity contribution in [2.45, 2.75) is 32.1 Å². The molecule has 0 N–H and O–H groups in total. The highest BCUT2D eigenvalue weighted by Gasteiger charge is 2.42. The van der Waals surface area contributed by atoms with Crippen LogP contribution in [0.25, 0.3) is 5.57 Å². The summed E-state index contributed by atoms with van der Waals surface area (Å²) in [6.45, 7) is 5.11.